The number of carbonyl (C=O) groups is 1. The highest BCUT2D eigenvalue weighted by molar-refractivity contribution is 5.94. The second-order valence-corrected chi connectivity index (χ2v) is 5.47. The van der Waals surface area contributed by atoms with Crippen LogP contribution in [0, 0.1) is 6.92 Å². The maximum atomic E-state index is 12.3. The van der Waals surface area contributed by atoms with Gasteiger partial charge in [0.1, 0.15) is 18.7 Å². The summed E-state index contributed by atoms with van der Waals surface area (Å²) in [7, 11) is 0. The number of para-hydroxylation sites is 1. The molecule has 0 aliphatic rings. The summed E-state index contributed by atoms with van der Waals surface area (Å²) in [5.41, 5.74) is 2.33. The third-order valence-corrected chi connectivity index (χ3v) is 3.51. The van der Waals surface area contributed by atoms with E-state index in [4.69, 9.17) is 4.74 Å². The molecule has 3 rings (SSSR count). The summed E-state index contributed by atoms with van der Waals surface area (Å²) in [6.45, 7) is 4.31. The van der Waals surface area contributed by atoms with Gasteiger partial charge in [-0.3, -0.25) is 9.20 Å². The van der Waals surface area contributed by atoms with Crippen molar-refractivity contribution in [3.63, 3.8) is 0 Å². The van der Waals surface area contributed by atoms with E-state index in [0.29, 0.717) is 17.8 Å². The summed E-state index contributed by atoms with van der Waals surface area (Å²) >= 11 is 0. The van der Waals surface area contributed by atoms with E-state index >= 15 is 0 Å². The first-order valence-electron chi connectivity index (χ1n) is 7.42. The number of hydrogen-bond donors (Lipinski definition) is 1. The Morgan fingerprint density at radius 3 is 2.96 bits per heavy atom. The van der Waals surface area contributed by atoms with Crippen molar-refractivity contribution in [2.45, 2.75) is 19.9 Å². The van der Waals surface area contributed by atoms with Crippen LogP contribution < -0.4 is 10.1 Å². The van der Waals surface area contributed by atoms with E-state index in [1.807, 2.05) is 38.1 Å². The minimum Gasteiger partial charge on any atom is -0.491 e. The lowest BCUT2D eigenvalue weighted by molar-refractivity contribution is 0.0926. The van der Waals surface area contributed by atoms with Gasteiger partial charge in [0.25, 0.3) is 5.91 Å². The van der Waals surface area contributed by atoms with E-state index in [0.717, 1.165) is 11.3 Å². The molecule has 1 aromatic carbocycles. The second kappa shape index (κ2) is 6.48. The molecule has 0 aliphatic heterocycles. The van der Waals surface area contributed by atoms with Crippen LogP contribution in [0.1, 0.15) is 22.8 Å². The minimum atomic E-state index is -0.151. The number of nitrogens with zero attached hydrogens (tertiary/aromatic N) is 3. The minimum absolute atomic E-state index is 0.112. The maximum Gasteiger partial charge on any atom is 0.253 e. The Kier molecular flexibility index (Phi) is 4.23. The molecule has 2 heterocycles. The van der Waals surface area contributed by atoms with Crippen LogP contribution in [-0.4, -0.2) is 33.2 Å². The number of nitrogens with one attached hydrogen (secondary N) is 1. The number of fused-ring (bicyclic) bond motifs is 1. The summed E-state index contributed by atoms with van der Waals surface area (Å²) in [5.74, 6) is 0.681. The Balaban J connectivity index is 1.59. The molecule has 0 unspecified atom stereocenters. The van der Waals surface area contributed by atoms with Gasteiger partial charge in [-0.15, -0.1) is 10.2 Å². The molecule has 0 fully saturated rings. The maximum absolute atomic E-state index is 12.3. The Bertz CT molecular complexity index is 828. The van der Waals surface area contributed by atoms with E-state index in [9.17, 15) is 4.79 Å². The molecule has 1 N–H and O–H groups in total. The first-order chi connectivity index (χ1) is 11.1. The van der Waals surface area contributed by atoms with E-state index in [-0.39, 0.29) is 11.9 Å². The molecule has 0 radical (unpaired) electrons. The van der Waals surface area contributed by atoms with E-state index in [1.54, 1.807) is 29.1 Å². The fourth-order valence-corrected chi connectivity index (χ4v) is 2.24. The van der Waals surface area contributed by atoms with Gasteiger partial charge in [0.05, 0.1) is 11.6 Å². The van der Waals surface area contributed by atoms with Crippen molar-refractivity contribution in [3.8, 4) is 5.75 Å². The van der Waals surface area contributed by atoms with Gasteiger partial charge < -0.3 is 10.1 Å². The van der Waals surface area contributed by atoms with Gasteiger partial charge in [0.15, 0.2) is 5.65 Å². The fourth-order valence-electron chi connectivity index (χ4n) is 2.24. The highest BCUT2D eigenvalue weighted by Crippen LogP contribution is 2.16. The average molecular weight is 310 g/mol. The molecule has 3 aromatic rings. The Hall–Kier alpha value is -2.89. The number of carbonyl (C=O) groups excluding carboxylic acids is 1. The number of aryl methyl sites for hydroxylation is 1. The normalized spacial score (nSPS) is 12.1. The van der Waals surface area contributed by atoms with Gasteiger partial charge in [0, 0.05) is 6.20 Å². The SMILES string of the molecule is Cc1ccccc1OC[C@@H](C)NC(=O)c1ccc2nncn2c1. The van der Waals surface area contributed by atoms with Crippen LogP contribution in [0.3, 0.4) is 0 Å². The Labute approximate surface area is 134 Å². The van der Waals surface area contributed by atoms with Crippen LogP contribution in [0.2, 0.25) is 0 Å². The van der Waals surface area contributed by atoms with Crippen LogP contribution in [-0.2, 0) is 0 Å². The van der Waals surface area contributed by atoms with Gasteiger partial charge >= 0.3 is 0 Å². The van der Waals surface area contributed by atoms with Crippen LogP contribution in [0.25, 0.3) is 5.65 Å². The van der Waals surface area contributed by atoms with Crippen molar-refractivity contribution < 1.29 is 9.53 Å². The molecule has 1 amide bonds. The Morgan fingerprint density at radius 1 is 1.30 bits per heavy atom. The summed E-state index contributed by atoms with van der Waals surface area (Å²) in [6.07, 6.45) is 3.27. The van der Waals surface area contributed by atoms with E-state index in [1.165, 1.54) is 0 Å². The topological polar surface area (TPSA) is 68.5 Å². The van der Waals surface area contributed by atoms with E-state index in [2.05, 4.69) is 15.5 Å². The fraction of sp³-hybridized carbons (Fsp3) is 0.235. The van der Waals surface area contributed by atoms with Gasteiger partial charge in [0.2, 0.25) is 0 Å². The summed E-state index contributed by atoms with van der Waals surface area (Å²) in [5, 5.41) is 10.6. The molecular formula is C17H18N4O2. The summed E-state index contributed by atoms with van der Waals surface area (Å²) < 4.78 is 7.46. The monoisotopic (exact) mass is 310 g/mol. The van der Waals surface area contributed by atoms with Gasteiger partial charge in [-0.05, 0) is 37.6 Å². The zero-order chi connectivity index (χ0) is 16.2. The van der Waals surface area contributed by atoms with Crippen molar-refractivity contribution >= 4 is 11.6 Å². The molecule has 0 spiro atoms. The molecule has 23 heavy (non-hydrogen) atoms. The van der Waals surface area contributed by atoms with Crippen LogP contribution >= 0.6 is 0 Å². The highest BCUT2D eigenvalue weighted by atomic mass is 16.5. The van der Waals surface area contributed by atoms with Gasteiger partial charge in [-0.25, -0.2) is 0 Å². The third kappa shape index (κ3) is 3.48. The molecule has 6 heteroatoms. The predicted molar refractivity (Wildman–Crippen MR) is 86.6 cm³/mol. The number of amides is 1. The summed E-state index contributed by atoms with van der Waals surface area (Å²) in [6, 6.07) is 11.2. The molecule has 2 aromatic heterocycles. The average Bonchev–Trinajstić information content (AvgIpc) is 3.01. The van der Waals surface area contributed by atoms with E-state index < -0.39 is 0 Å². The number of rotatable bonds is 5. The first-order valence-corrected chi connectivity index (χ1v) is 7.42. The van der Waals surface area contributed by atoms with Crippen LogP contribution in [0.5, 0.6) is 5.75 Å². The molecule has 0 bridgehead atoms. The first kappa shape index (κ1) is 15.0. The molecule has 0 saturated heterocycles. The van der Waals surface area contributed by atoms with Crippen molar-refractivity contribution in [3.05, 3.63) is 60.0 Å². The smallest absolute Gasteiger partial charge is 0.253 e. The molecule has 0 aliphatic carbocycles. The zero-order valence-corrected chi connectivity index (χ0v) is 13.1. The zero-order valence-electron chi connectivity index (χ0n) is 13.1. The standard InChI is InChI=1S/C17H18N4O2/c1-12-5-3-4-6-15(12)23-10-13(2)19-17(22)14-7-8-16-20-18-11-21(16)9-14/h3-9,11,13H,10H2,1-2H3,(H,19,22)/t13-/m1/s1. The lowest BCUT2D eigenvalue weighted by atomic mass is 10.2. The van der Waals surface area contributed by atoms with Crippen molar-refractivity contribution in [2.24, 2.45) is 0 Å². The van der Waals surface area contributed by atoms with Gasteiger partial charge in [-0.2, -0.15) is 0 Å². The van der Waals surface area contributed by atoms with Crippen molar-refractivity contribution in [1.82, 2.24) is 19.9 Å². The van der Waals surface area contributed by atoms with Crippen molar-refractivity contribution in [2.75, 3.05) is 6.61 Å². The largest absolute Gasteiger partial charge is 0.491 e. The quantitative estimate of drug-likeness (QED) is 0.784. The lowest BCUT2D eigenvalue weighted by Gasteiger charge is -2.16. The second-order valence-electron chi connectivity index (χ2n) is 5.47. The molecule has 6 nitrogen and oxygen atoms in total. The lowest BCUT2D eigenvalue weighted by Crippen LogP contribution is -2.36. The number of hydrogen-bond acceptors (Lipinski definition) is 4. The highest BCUT2D eigenvalue weighted by Gasteiger charge is 2.12. The number of benzene rings is 1. The molecule has 118 valence electrons. The molecular weight excluding hydrogens is 292 g/mol. The number of aromatic nitrogens is 3. The van der Waals surface area contributed by atoms with Crippen LogP contribution in [0.15, 0.2) is 48.9 Å². The van der Waals surface area contributed by atoms with Gasteiger partial charge in [-0.1, -0.05) is 18.2 Å². The molecule has 0 saturated carbocycles. The Morgan fingerprint density at radius 2 is 2.13 bits per heavy atom. The summed E-state index contributed by atoms with van der Waals surface area (Å²) in [4.78, 5) is 12.3. The molecule has 1 atom stereocenters. The number of ether oxygens (including phenoxy) is 1. The van der Waals surface area contributed by atoms with Crippen molar-refractivity contribution in [1.29, 1.82) is 0 Å². The van der Waals surface area contributed by atoms with Crippen LogP contribution in [0.4, 0.5) is 0 Å². The third-order valence-electron chi connectivity index (χ3n) is 3.51. The predicted octanol–water partition coefficient (Wildman–Crippen LogP) is 2.24. The number of pyridine rings is 1.